The Morgan fingerprint density at radius 3 is 2.69 bits per heavy atom. The van der Waals surface area contributed by atoms with Crippen molar-refractivity contribution >= 4 is 17.7 Å². The maximum absolute atomic E-state index is 11.3. The monoisotopic (exact) mass is 196 g/mol. The fourth-order valence-electron chi connectivity index (χ4n) is 1.08. The maximum atomic E-state index is 11.3. The van der Waals surface area contributed by atoms with Gasteiger partial charge in [0.2, 0.25) is 0 Å². The smallest absolute Gasteiger partial charge is 0.338 e. The summed E-state index contributed by atoms with van der Waals surface area (Å²) < 4.78 is 4.67. The summed E-state index contributed by atoms with van der Waals surface area (Å²) in [7, 11) is 1.40. The van der Waals surface area contributed by atoms with Crippen molar-refractivity contribution < 1.29 is 9.53 Å². The molecule has 0 spiro atoms. The van der Waals surface area contributed by atoms with Gasteiger partial charge in [0.05, 0.1) is 12.7 Å². The van der Waals surface area contributed by atoms with Gasteiger partial charge in [0, 0.05) is 4.90 Å². The van der Waals surface area contributed by atoms with Gasteiger partial charge in [-0.2, -0.15) is 0 Å². The molecule has 0 fully saturated rings. The molecular formula is C10H12O2S. The first kappa shape index (κ1) is 10.1. The summed E-state index contributed by atoms with van der Waals surface area (Å²) in [6, 6.07) is 5.69. The zero-order chi connectivity index (χ0) is 9.84. The molecule has 0 saturated heterocycles. The van der Waals surface area contributed by atoms with Gasteiger partial charge in [0.15, 0.2) is 0 Å². The van der Waals surface area contributed by atoms with Crippen LogP contribution in [0.1, 0.15) is 15.9 Å². The standard InChI is InChI=1S/C10H12O2S/c1-7-4-5-8(10(11)12-2)9(6-7)13-3/h4-6H,1-3H3. The van der Waals surface area contributed by atoms with Gasteiger partial charge in [-0.3, -0.25) is 0 Å². The average molecular weight is 196 g/mol. The first-order chi connectivity index (χ1) is 6.19. The van der Waals surface area contributed by atoms with E-state index in [9.17, 15) is 4.79 Å². The Morgan fingerprint density at radius 2 is 2.15 bits per heavy atom. The fourth-order valence-corrected chi connectivity index (χ4v) is 1.75. The van der Waals surface area contributed by atoms with Crippen molar-refractivity contribution in [2.75, 3.05) is 13.4 Å². The van der Waals surface area contributed by atoms with E-state index in [0.29, 0.717) is 5.56 Å². The van der Waals surface area contributed by atoms with Crippen LogP contribution in [0, 0.1) is 6.92 Å². The van der Waals surface area contributed by atoms with Crippen molar-refractivity contribution in [3.05, 3.63) is 29.3 Å². The summed E-state index contributed by atoms with van der Waals surface area (Å²) in [5.41, 5.74) is 1.79. The van der Waals surface area contributed by atoms with Crippen LogP contribution in [-0.2, 0) is 4.74 Å². The number of hydrogen-bond acceptors (Lipinski definition) is 3. The summed E-state index contributed by atoms with van der Waals surface area (Å²) >= 11 is 1.55. The van der Waals surface area contributed by atoms with Crippen LogP contribution in [0.5, 0.6) is 0 Å². The Kier molecular flexibility index (Phi) is 3.37. The van der Waals surface area contributed by atoms with Gasteiger partial charge in [0.25, 0.3) is 0 Å². The highest BCUT2D eigenvalue weighted by molar-refractivity contribution is 7.98. The van der Waals surface area contributed by atoms with Crippen molar-refractivity contribution in [3.8, 4) is 0 Å². The molecule has 1 aromatic rings. The lowest BCUT2D eigenvalue weighted by Crippen LogP contribution is -2.02. The van der Waals surface area contributed by atoms with E-state index in [1.54, 1.807) is 17.8 Å². The fraction of sp³-hybridized carbons (Fsp3) is 0.300. The van der Waals surface area contributed by atoms with E-state index in [1.807, 2.05) is 25.3 Å². The molecule has 0 N–H and O–H groups in total. The predicted molar refractivity (Wildman–Crippen MR) is 54.3 cm³/mol. The molecule has 0 aromatic heterocycles. The molecule has 70 valence electrons. The molecule has 0 atom stereocenters. The third kappa shape index (κ3) is 2.25. The van der Waals surface area contributed by atoms with Crippen LogP contribution >= 0.6 is 11.8 Å². The zero-order valence-corrected chi connectivity index (χ0v) is 8.77. The van der Waals surface area contributed by atoms with Gasteiger partial charge in [0.1, 0.15) is 0 Å². The zero-order valence-electron chi connectivity index (χ0n) is 7.96. The van der Waals surface area contributed by atoms with Gasteiger partial charge >= 0.3 is 5.97 Å². The average Bonchev–Trinajstić information content (AvgIpc) is 2.16. The quantitative estimate of drug-likeness (QED) is 0.537. The first-order valence-electron chi connectivity index (χ1n) is 3.92. The normalized spacial score (nSPS) is 9.77. The molecule has 0 aliphatic heterocycles. The lowest BCUT2D eigenvalue weighted by atomic mass is 10.1. The van der Waals surface area contributed by atoms with Crippen LogP contribution in [0.15, 0.2) is 23.1 Å². The molecule has 3 heteroatoms. The number of thioether (sulfide) groups is 1. The van der Waals surface area contributed by atoms with Crippen molar-refractivity contribution in [1.29, 1.82) is 0 Å². The van der Waals surface area contributed by atoms with Gasteiger partial charge < -0.3 is 4.74 Å². The van der Waals surface area contributed by atoms with Crippen molar-refractivity contribution in [1.82, 2.24) is 0 Å². The third-order valence-corrected chi connectivity index (χ3v) is 2.54. The van der Waals surface area contributed by atoms with Crippen molar-refractivity contribution in [2.45, 2.75) is 11.8 Å². The van der Waals surface area contributed by atoms with Gasteiger partial charge in [-0.1, -0.05) is 6.07 Å². The van der Waals surface area contributed by atoms with E-state index in [4.69, 9.17) is 0 Å². The first-order valence-corrected chi connectivity index (χ1v) is 5.14. The Hall–Kier alpha value is -0.960. The number of esters is 1. The minimum absolute atomic E-state index is 0.274. The number of benzene rings is 1. The highest BCUT2D eigenvalue weighted by Gasteiger charge is 2.10. The lowest BCUT2D eigenvalue weighted by Gasteiger charge is -2.05. The second-order valence-electron chi connectivity index (χ2n) is 2.70. The molecule has 0 aliphatic carbocycles. The molecule has 0 saturated carbocycles. The maximum Gasteiger partial charge on any atom is 0.338 e. The van der Waals surface area contributed by atoms with Crippen LogP contribution in [0.2, 0.25) is 0 Å². The van der Waals surface area contributed by atoms with Crippen molar-refractivity contribution in [2.24, 2.45) is 0 Å². The largest absolute Gasteiger partial charge is 0.465 e. The molecule has 0 bridgehead atoms. The minimum atomic E-state index is -0.274. The van der Waals surface area contributed by atoms with E-state index in [2.05, 4.69) is 4.74 Å². The summed E-state index contributed by atoms with van der Waals surface area (Å²) in [6.07, 6.45) is 1.95. The summed E-state index contributed by atoms with van der Waals surface area (Å²) in [5.74, 6) is -0.274. The van der Waals surface area contributed by atoms with Gasteiger partial charge in [-0.05, 0) is 30.9 Å². The molecule has 0 radical (unpaired) electrons. The highest BCUT2D eigenvalue weighted by atomic mass is 32.2. The van der Waals surface area contributed by atoms with Gasteiger partial charge in [-0.25, -0.2) is 4.79 Å². The number of methoxy groups -OCH3 is 1. The number of aryl methyl sites for hydroxylation is 1. The Balaban J connectivity index is 3.13. The molecule has 2 nitrogen and oxygen atoms in total. The van der Waals surface area contributed by atoms with Crippen LogP contribution in [0.4, 0.5) is 0 Å². The summed E-state index contributed by atoms with van der Waals surface area (Å²) in [6.45, 7) is 2.00. The topological polar surface area (TPSA) is 26.3 Å². The van der Waals surface area contributed by atoms with E-state index >= 15 is 0 Å². The number of rotatable bonds is 2. The SMILES string of the molecule is COC(=O)c1ccc(C)cc1SC. The lowest BCUT2D eigenvalue weighted by molar-refractivity contribution is 0.0597. The van der Waals surface area contributed by atoms with Crippen molar-refractivity contribution in [3.63, 3.8) is 0 Å². The molecule has 13 heavy (non-hydrogen) atoms. The molecule has 0 unspecified atom stereocenters. The number of carbonyl (C=O) groups is 1. The van der Waals surface area contributed by atoms with E-state index in [0.717, 1.165) is 10.5 Å². The molecule has 0 amide bonds. The second-order valence-corrected chi connectivity index (χ2v) is 3.54. The Morgan fingerprint density at radius 1 is 1.46 bits per heavy atom. The Bertz CT molecular complexity index is 321. The van der Waals surface area contributed by atoms with Crippen LogP contribution < -0.4 is 0 Å². The second kappa shape index (κ2) is 4.33. The third-order valence-electron chi connectivity index (χ3n) is 1.76. The van der Waals surface area contributed by atoms with Gasteiger partial charge in [-0.15, -0.1) is 11.8 Å². The summed E-state index contributed by atoms with van der Waals surface area (Å²) in [4.78, 5) is 12.2. The van der Waals surface area contributed by atoms with Crippen LogP contribution in [0.25, 0.3) is 0 Å². The predicted octanol–water partition coefficient (Wildman–Crippen LogP) is 2.50. The van der Waals surface area contributed by atoms with E-state index < -0.39 is 0 Å². The Labute approximate surface area is 82.3 Å². The highest BCUT2D eigenvalue weighted by Crippen LogP contribution is 2.22. The molecule has 1 rings (SSSR count). The number of hydrogen-bond donors (Lipinski definition) is 0. The summed E-state index contributed by atoms with van der Waals surface area (Å²) in [5, 5.41) is 0. The van der Waals surface area contributed by atoms with E-state index in [1.165, 1.54) is 7.11 Å². The molecule has 0 heterocycles. The molecular weight excluding hydrogens is 184 g/mol. The molecule has 1 aromatic carbocycles. The minimum Gasteiger partial charge on any atom is -0.465 e. The van der Waals surface area contributed by atoms with E-state index in [-0.39, 0.29) is 5.97 Å². The van der Waals surface area contributed by atoms with Crippen LogP contribution in [-0.4, -0.2) is 19.3 Å². The number of ether oxygens (including phenoxy) is 1. The van der Waals surface area contributed by atoms with Crippen LogP contribution in [0.3, 0.4) is 0 Å². The molecule has 0 aliphatic rings. The number of carbonyl (C=O) groups excluding carboxylic acids is 1.